The van der Waals surface area contributed by atoms with Gasteiger partial charge in [0.1, 0.15) is 0 Å². The molecule has 0 fully saturated rings. The van der Waals surface area contributed by atoms with E-state index < -0.39 is 0 Å². The van der Waals surface area contributed by atoms with Gasteiger partial charge in [0.15, 0.2) is 0 Å². The first-order valence-corrected chi connectivity index (χ1v) is 0.744. The first kappa shape index (κ1) is 1.68. The molecule has 0 aromatic carbocycles. The number of hydrogen-bond acceptors (Lipinski definition) is 2. The molecule has 0 atom stereocenters. The lowest BCUT2D eigenvalue weighted by molar-refractivity contribution is 0.564. The third-order valence-corrected chi connectivity index (χ3v) is 0.0645. The van der Waals surface area contributed by atoms with Crippen LogP contribution in [0.25, 0.3) is 0 Å². The molecular weight excluding hydrogens is 54.0 g/mol. The Hall–Kier alpha value is -0.620. The fraction of sp³-hybridized carbons (Fsp3) is 0.500. The van der Waals surface area contributed by atoms with Gasteiger partial charge in [0.25, 0.3) is 0 Å². The minimum atomic E-state index is -0.205. The molecule has 0 rings (SSSR count). The molecule has 0 aromatic rings. The van der Waals surface area contributed by atoms with Crippen LogP contribution in [0.4, 0.5) is 0 Å². The van der Waals surface area contributed by atoms with Crippen LogP contribution in [-0.2, 0) is 4.79 Å². The van der Waals surface area contributed by atoms with E-state index in [1.54, 1.807) is 0 Å². The molecule has 0 heterocycles. The molecule has 22 valence electrons. The number of isocyanates is 1. The standard InChI is InChI=1S/C2H3NO/c1-3-2-4/h1H3/i1D. The molecule has 0 spiro atoms. The Bertz CT molecular complexity index is 56.7. The van der Waals surface area contributed by atoms with E-state index in [0.29, 0.717) is 0 Å². The molecule has 2 nitrogen and oxygen atoms in total. The Morgan fingerprint density at radius 2 is 3.25 bits per heavy atom. The molecule has 0 N–H and O–H groups in total. The molecule has 0 aliphatic rings. The molecule has 0 amide bonds. The van der Waals surface area contributed by atoms with Crippen molar-refractivity contribution in [3.05, 3.63) is 0 Å². The van der Waals surface area contributed by atoms with E-state index in [0.717, 1.165) is 0 Å². The van der Waals surface area contributed by atoms with Gasteiger partial charge in [-0.15, -0.1) is 0 Å². The van der Waals surface area contributed by atoms with Gasteiger partial charge in [-0.05, 0) is 0 Å². The van der Waals surface area contributed by atoms with Crippen molar-refractivity contribution in [2.45, 2.75) is 0 Å². The smallest absolute Gasteiger partial charge is 0.211 e. The summed E-state index contributed by atoms with van der Waals surface area (Å²) in [6, 6.07) is 0. The molecular formula is C2H3NO. The fourth-order valence-corrected chi connectivity index (χ4v) is 0. The lowest BCUT2D eigenvalue weighted by Crippen LogP contribution is -1.38. The normalized spacial score (nSPS) is 7.50. The number of hydrogen-bond donors (Lipinski definition) is 0. The lowest BCUT2D eigenvalue weighted by Gasteiger charge is -1.36. The second kappa shape index (κ2) is 2.38. The summed E-state index contributed by atoms with van der Waals surface area (Å²) in [5.41, 5.74) is 0. The average Bonchev–Trinajstić information content (AvgIpc) is 1.41. The van der Waals surface area contributed by atoms with E-state index in [2.05, 4.69) is 4.99 Å². The monoisotopic (exact) mass is 58.0 g/mol. The molecule has 0 radical (unpaired) electrons. The Morgan fingerprint density at radius 3 is 3.25 bits per heavy atom. The zero-order valence-electron chi connectivity index (χ0n) is 3.06. The summed E-state index contributed by atoms with van der Waals surface area (Å²) < 4.78 is 6.17. The van der Waals surface area contributed by atoms with Crippen LogP contribution in [0, 0.1) is 0 Å². The molecule has 0 aliphatic carbocycles. The van der Waals surface area contributed by atoms with Crippen molar-refractivity contribution in [3.8, 4) is 0 Å². The van der Waals surface area contributed by atoms with Gasteiger partial charge in [-0.1, -0.05) is 0 Å². The van der Waals surface area contributed by atoms with Crippen molar-refractivity contribution in [2.24, 2.45) is 4.99 Å². The summed E-state index contributed by atoms with van der Waals surface area (Å²) in [6.07, 6.45) is 1.20. The fourth-order valence-electron chi connectivity index (χ4n) is 0. The van der Waals surface area contributed by atoms with E-state index in [9.17, 15) is 0 Å². The van der Waals surface area contributed by atoms with E-state index in [4.69, 9.17) is 6.17 Å². The summed E-state index contributed by atoms with van der Waals surface area (Å²) >= 11 is 0. The van der Waals surface area contributed by atoms with Gasteiger partial charge in [-0.25, -0.2) is 9.79 Å². The van der Waals surface area contributed by atoms with Crippen LogP contribution in [0.2, 0.25) is 0 Å². The molecule has 0 saturated carbocycles. The second-order valence-corrected chi connectivity index (χ2v) is 0.249. The van der Waals surface area contributed by atoms with Crippen molar-refractivity contribution >= 4 is 6.08 Å². The van der Waals surface area contributed by atoms with Crippen LogP contribution in [0.5, 0.6) is 0 Å². The van der Waals surface area contributed by atoms with Crippen molar-refractivity contribution in [1.82, 2.24) is 0 Å². The third kappa shape index (κ3) is 1.38. The maximum atomic E-state index is 8.99. The van der Waals surface area contributed by atoms with Crippen molar-refractivity contribution in [2.75, 3.05) is 7.02 Å². The minimum Gasteiger partial charge on any atom is -0.211 e. The van der Waals surface area contributed by atoms with E-state index in [1.165, 1.54) is 6.08 Å². The Balaban J connectivity index is 2.93. The lowest BCUT2D eigenvalue weighted by atomic mass is 11.4. The molecule has 0 aliphatic heterocycles. The summed E-state index contributed by atoms with van der Waals surface area (Å²) in [7, 11) is -0.205. The maximum absolute atomic E-state index is 8.99. The quantitative estimate of drug-likeness (QED) is 0.283. The van der Waals surface area contributed by atoms with Gasteiger partial charge in [-0.2, -0.15) is 0 Å². The minimum absolute atomic E-state index is 0.205. The Morgan fingerprint density at radius 1 is 2.50 bits per heavy atom. The van der Waals surface area contributed by atoms with Crippen LogP contribution in [-0.4, -0.2) is 13.1 Å². The van der Waals surface area contributed by atoms with Crippen molar-refractivity contribution < 1.29 is 6.17 Å². The number of nitrogens with zero attached hydrogens (tertiary/aromatic N) is 1. The first-order valence-electron chi connectivity index (χ1n) is 1.45. The highest BCUT2D eigenvalue weighted by atomic mass is 16.1. The average molecular weight is 58.1 g/mol. The summed E-state index contributed by atoms with van der Waals surface area (Å²) in [5.74, 6) is 0. The Kier molecular flexibility index (Phi) is 0.997. The predicted molar refractivity (Wildman–Crippen MR) is 14.0 cm³/mol. The third-order valence-electron chi connectivity index (χ3n) is 0.0645. The second-order valence-electron chi connectivity index (χ2n) is 0.249. The molecule has 0 bridgehead atoms. The highest BCUT2D eigenvalue weighted by molar-refractivity contribution is 5.32. The number of carbonyl (C=O) groups excluding carboxylic acids is 1. The van der Waals surface area contributed by atoms with Crippen LogP contribution in [0.15, 0.2) is 4.99 Å². The topological polar surface area (TPSA) is 29.4 Å². The van der Waals surface area contributed by atoms with Crippen LogP contribution in [0.1, 0.15) is 1.37 Å². The van der Waals surface area contributed by atoms with Gasteiger partial charge >= 0.3 is 0 Å². The van der Waals surface area contributed by atoms with Gasteiger partial charge in [0.2, 0.25) is 6.08 Å². The summed E-state index contributed by atoms with van der Waals surface area (Å²) in [6.45, 7) is 0. The largest absolute Gasteiger partial charge is 0.234 e. The predicted octanol–water partition coefficient (Wildman–Crippen LogP) is -0.0480. The summed E-state index contributed by atoms with van der Waals surface area (Å²) in [4.78, 5) is 11.8. The van der Waals surface area contributed by atoms with Crippen LogP contribution < -0.4 is 0 Å². The first-order chi connectivity index (χ1) is 2.41. The molecule has 2 heteroatoms. The number of aliphatic imine (C=N–C) groups is 1. The van der Waals surface area contributed by atoms with Crippen LogP contribution >= 0.6 is 0 Å². The van der Waals surface area contributed by atoms with Gasteiger partial charge in [-0.3, -0.25) is 0 Å². The highest BCUT2D eigenvalue weighted by Crippen LogP contribution is 1.28. The zero-order valence-corrected chi connectivity index (χ0v) is 2.06. The van der Waals surface area contributed by atoms with E-state index in [-0.39, 0.29) is 7.02 Å². The van der Waals surface area contributed by atoms with Gasteiger partial charge in [0.05, 0.1) is 0 Å². The van der Waals surface area contributed by atoms with E-state index in [1.807, 2.05) is 0 Å². The number of rotatable bonds is 0. The molecule has 0 unspecified atom stereocenters. The Labute approximate surface area is 25.6 Å². The van der Waals surface area contributed by atoms with Gasteiger partial charge < -0.3 is 0 Å². The van der Waals surface area contributed by atoms with Crippen molar-refractivity contribution in [1.29, 1.82) is 0 Å². The SMILES string of the molecule is [2H]CN=C=O. The summed E-state index contributed by atoms with van der Waals surface area (Å²) in [5, 5.41) is 0. The molecule has 0 aromatic heterocycles. The maximum Gasteiger partial charge on any atom is 0.234 e. The molecule has 4 heavy (non-hydrogen) atoms. The highest BCUT2D eigenvalue weighted by Gasteiger charge is 1.29. The zero-order chi connectivity index (χ0) is 4.12. The van der Waals surface area contributed by atoms with Gasteiger partial charge in [0, 0.05) is 8.39 Å². The van der Waals surface area contributed by atoms with Crippen molar-refractivity contribution in [3.63, 3.8) is 0 Å². The van der Waals surface area contributed by atoms with E-state index >= 15 is 0 Å². The molecule has 0 saturated heterocycles. The van der Waals surface area contributed by atoms with Crippen LogP contribution in [0.3, 0.4) is 0 Å².